The molecule has 2 saturated heterocycles. The molecule has 14 heteroatoms. The third-order valence-electron chi connectivity index (χ3n) is 11.9. The van der Waals surface area contributed by atoms with E-state index < -0.39 is 23.3 Å². The van der Waals surface area contributed by atoms with Gasteiger partial charge in [-0.3, -0.25) is 14.5 Å². The fraction of sp³-hybridized carbons (Fsp3) is 0.435. The largest absolute Gasteiger partial charge is 0.355 e. The fourth-order valence-electron chi connectivity index (χ4n) is 8.35. The topological polar surface area (TPSA) is 117 Å². The van der Waals surface area contributed by atoms with Crippen LogP contribution in [0.4, 0.5) is 17.6 Å². The molecule has 3 aliphatic rings. The molecule has 10 nitrogen and oxygen atoms in total. The minimum absolute atomic E-state index is 0.0636. The van der Waals surface area contributed by atoms with E-state index in [4.69, 9.17) is 9.05 Å². The number of nitrogens with zero attached hydrogens (tertiary/aromatic N) is 4. The van der Waals surface area contributed by atoms with Crippen LogP contribution in [-0.2, 0) is 6.54 Å². The van der Waals surface area contributed by atoms with Crippen molar-refractivity contribution in [3.63, 3.8) is 0 Å². The van der Waals surface area contributed by atoms with Crippen molar-refractivity contribution >= 4 is 11.8 Å². The monoisotopic (exact) mass is 828 g/mol. The second-order valence-electron chi connectivity index (χ2n) is 16.3. The van der Waals surface area contributed by atoms with E-state index in [1.54, 1.807) is 0 Å². The van der Waals surface area contributed by atoms with Gasteiger partial charge in [0.25, 0.3) is 11.8 Å². The molecule has 1 aliphatic carbocycles. The lowest BCUT2D eigenvalue weighted by atomic mass is 9.88. The number of aromatic nitrogens is 2. The standard InChI is InChI=1S/C23H29F2N3O2.C23H23F2N3O2/c2*24-18-6-7-19(20(25)12-18)22-13-21(27-30-22)23(29)26-14-16-8-10-28(11-9-16)15-17-4-2-1-3-5-17/h6-7,12-13,16-17H,1-5,8-11,14-15H2,(H,26,29);1-7,12-13,16H,8-11,14-15H2,(H,26,29). The molecule has 1 saturated carbocycles. The summed E-state index contributed by atoms with van der Waals surface area (Å²) in [5.41, 5.74) is 1.63. The highest BCUT2D eigenvalue weighted by Crippen LogP contribution is 2.28. The fourth-order valence-corrected chi connectivity index (χ4v) is 8.35. The molecule has 2 N–H and O–H groups in total. The van der Waals surface area contributed by atoms with Crippen molar-refractivity contribution in [1.29, 1.82) is 0 Å². The SMILES string of the molecule is O=C(NCC1CCN(CC2CCCCC2)CC1)c1cc(-c2ccc(F)cc2F)on1.O=C(NCC1CCN(Cc2ccccc2)CC1)c1cc(-c2ccc(F)cc2F)on1. The molecule has 0 bridgehead atoms. The Morgan fingerprint density at radius 3 is 1.55 bits per heavy atom. The van der Waals surface area contributed by atoms with Crippen LogP contribution in [0.25, 0.3) is 22.6 Å². The Hall–Kier alpha value is -5.34. The van der Waals surface area contributed by atoms with Crippen LogP contribution in [0, 0.1) is 41.0 Å². The van der Waals surface area contributed by atoms with Gasteiger partial charge in [-0.05, 0) is 112 Å². The van der Waals surface area contributed by atoms with Crippen LogP contribution in [0.3, 0.4) is 0 Å². The first kappa shape index (κ1) is 42.8. The van der Waals surface area contributed by atoms with Gasteiger partial charge in [-0.25, -0.2) is 17.6 Å². The molecular weight excluding hydrogens is 777 g/mol. The molecule has 4 heterocycles. The summed E-state index contributed by atoms with van der Waals surface area (Å²) < 4.78 is 64.0. The predicted molar refractivity (Wildman–Crippen MR) is 219 cm³/mol. The van der Waals surface area contributed by atoms with Gasteiger partial charge in [-0.2, -0.15) is 0 Å². The van der Waals surface area contributed by atoms with Gasteiger partial charge >= 0.3 is 0 Å². The Morgan fingerprint density at radius 2 is 1.07 bits per heavy atom. The third-order valence-corrected chi connectivity index (χ3v) is 11.9. The van der Waals surface area contributed by atoms with Gasteiger partial charge in [-0.1, -0.05) is 59.9 Å². The van der Waals surface area contributed by atoms with E-state index in [2.05, 4.69) is 55.0 Å². The number of carbonyl (C=O) groups is 2. The predicted octanol–water partition coefficient (Wildman–Crippen LogP) is 8.90. The Labute approximate surface area is 347 Å². The molecule has 2 amide bonds. The van der Waals surface area contributed by atoms with E-state index in [-0.39, 0.29) is 45.8 Å². The van der Waals surface area contributed by atoms with Crippen molar-refractivity contribution in [3.05, 3.63) is 119 Å². The summed E-state index contributed by atoms with van der Waals surface area (Å²) in [7, 11) is 0. The zero-order valence-corrected chi connectivity index (χ0v) is 33.7. The quantitative estimate of drug-likeness (QED) is 0.120. The van der Waals surface area contributed by atoms with Gasteiger partial charge in [0.2, 0.25) is 0 Å². The maximum Gasteiger partial charge on any atom is 0.273 e. The van der Waals surface area contributed by atoms with Crippen LogP contribution in [0.5, 0.6) is 0 Å². The van der Waals surface area contributed by atoms with Crippen molar-refractivity contribution in [2.45, 2.75) is 64.3 Å². The lowest BCUT2D eigenvalue weighted by Crippen LogP contribution is -2.40. The molecule has 8 rings (SSSR count). The van der Waals surface area contributed by atoms with Crippen molar-refractivity contribution in [3.8, 4) is 22.6 Å². The van der Waals surface area contributed by atoms with Gasteiger partial charge in [0.15, 0.2) is 22.9 Å². The van der Waals surface area contributed by atoms with E-state index in [0.29, 0.717) is 24.9 Å². The Morgan fingerprint density at radius 1 is 0.583 bits per heavy atom. The number of piperidine rings is 2. The molecule has 0 radical (unpaired) electrons. The first-order valence-corrected chi connectivity index (χ1v) is 21.1. The molecule has 318 valence electrons. The van der Waals surface area contributed by atoms with Crippen LogP contribution in [0.2, 0.25) is 0 Å². The zero-order chi connectivity index (χ0) is 41.8. The second-order valence-corrected chi connectivity index (χ2v) is 16.3. The van der Waals surface area contributed by atoms with Crippen LogP contribution >= 0.6 is 0 Å². The number of benzene rings is 3. The average Bonchev–Trinajstić information content (AvgIpc) is 3.96. The highest BCUT2D eigenvalue weighted by atomic mass is 19.1. The molecule has 5 aromatic rings. The smallest absolute Gasteiger partial charge is 0.273 e. The average molecular weight is 829 g/mol. The number of amides is 2. The number of nitrogens with one attached hydrogen (secondary N) is 2. The minimum Gasteiger partial charge on any atom is -0.355 e. The molecule has 2 aromatic heterocycles. The molecule has 0 spiro atoms. The van der Waals surface area contributed by atoms with Crippen molar-refractivity contribution in [1.82, 2.24) is 30.7 Å². The van der Waals surface area contributed by atoms with E-state index in [9.17, 15) is 27.2 Å². The van der Waals surface area contributed by atoms with Crippen molar-refractivity contribution in [2.24, 2.45) is 17.8 Å². The number of halogens is 4. The van der Waals surface area contributed by atoms with Gasteiger partial charge in [-0.15, -0.1) is 0 Å². The Kier molecular flexibility index (Phi) is 14.8. The second kappa shape index (κ2) is 20.8. The summed E-state index contributed by atoms with van der Waals surface area (Å²) in [5, 5.41) is 13.3. The molecule has 0 unspecified atom stereocenters. The number of likely N-dealkylation sites (tertiary alicyclic amines) is 2. The molecule has 60 heavy (non-hydrogen) atoms. The van der Waals surface area contributed by atoms with Gasteiger partial charge < -0.3 is 24.6 Å². The summed E-state index contributed by atoms with van der Waals surface area (Å²) in [6.07, 6.45) is 11.1. The molecule has 3 fully saturated rings. The summed E-state index contributed by atoms with van der Waals surface area (Å²) in [6.45, 7) is 7.50. The number of hydrogen-bond donors (Lipinski definition) is 2. The Balaban J connectivity index is 0.000000181. The highest BCUT2D eigenvalue weighted by Gasteiger charge is 2.25. The summed E-state index contributed by atoms with van der Waals surface area (Å²) in [5.74, 6) is -1.64. The summed E-state index contributed by atoms with van der Waals surface area (Å²) in [6, 6.07) is 19.5. The summed E-state index contributed by atoms with van der Waals surface area (Å²) >= 11 is 0. The van der Waals surface area contributed by atoms with Gasteiger partial charge in [0, 0.05) is 50.4 Å². The number of rotatable bonds is 12. The normalized spacial score (nSPS) is 17.2. The van der Waals surface area contributed by atoms with E-state index in [0.717, 1.165) is 88.6 Å². The van der Waals surface area contributed by atoms with Gasteiger partial charge in [0.1, 0.15) is 23.3 Å². The molecular formula is C46H52F4N6O4. The van der Waals surface area contributed by atoms with Crippen LogP contribution < -0.4 is 10.6 Å². The lowest BCUT2D eigenvalue weighted by molar-refractivity contribution is 0.0916. The minimum atomic E-state index is -0.764. The molecule has 2 aliphatic heterocycles. The maximum absolute atomic E-state index is 13.9. The number of carbonyl (C=O) groups excluding carboxylic acids is 2. The van der Waals surface area contributed by atoms with Gasteiger partial charge in [0.05, 0.1) is 11.1 Å². The molecule has 3 aromatic carbocycles. The first-order valence-electron chi connectivity index (χ1n) is 21.1. The Bertz CT molecular complexity index is 2160. The van der Waals surface area contributed by atoms with Crippen molar-refractivity contribution < 1.29 is 36.2 Å². The van der Waals surface area contributed by atoms with E-state index >= 15 is 0 Å². The number of hydrogen-bond acceptors (Lipinski definition) is 8. The lowest BCUT2D eigenvalue weighted by Gasteiger charge is -2.35. The highest BCUT2D eigenvalue weighted by molar-refractivity contribution is 5.93. The first-order chi connectivity index (χ1) is 29.2. The maximum atomic E-state index is 13.9. The van der Waals surface area contributed by atoms with E-state index in [1.807, 2.05) is 6.07 Å². The van der Waals surface area contributed by atoms with E-state index in [1.165, 1.54) is 68.5 Å². The zero-order valence-electron chi connectivity index (χ0n) is 33.7. The summed E-state index contributed by atoms with van der Waals surface area (Å²) in [4.78, 5) is 29.8. The van der Waals surface area contributed by atoms with Crippen LogP contribution in [-0.4, -0.2) is 77.7 Å². The molecule has 0 atom stereocenters. The van der Waals surface area contributed by atoms with Crippen LogP contribution in [0.15, 0.2) is 87.9 Å². The van der Waals surface area contributed by atoms with Crippen molar-refractivity contribution in [2.75, 3.05) is 45.8 Å². The third kappa shape index (κ3) is 11.9. The van der Waals surface area contributed by atoms with Crippen LogP contribution in [0.1, 0.15) is 84.3 Å².